The number of halogens is 2. The Morgan fingerprint density at radius 1 is 1.50 bits per heavy atom. The number of hydrogen-bond donors (Lipinski definition) is 2. The van der Waals surface area contributed by atoms with Crippen molar-refractivity contribution in [3.63, 3.8) is 0 Å². The Kier molecular flexibility index (Phi) is 4.32. The van der Waals surface area contributed by atoms with Crippen LogP contribution in [-0.2, 0) is 0 Å². The Morgan fingerprint density at radius 2 is 2.21 bits per heavy atom. The molecule has 1 aromatic rings. The Balaban J connectivity index is 2.91. The standard InChI is InChI=1S/C10H14ClFN2/c1-2-14-10(6-13)7-3-8(11)5-9(12)4-7/h3-5,10,14H,2,6,13H2,1H3. The van der Waals surface area contributed by atoms with E-state index in [0.29, 0.717) is 11.6 Å². The van der Waals surface area contributed by atoms with Gasteiger partial charge < -0.3 is 11.1 Å². The van der Waals surface area contributed by atoms with Crippen LogP contribution in [0.4, 0.5) is 4.39 Å². The predicted molar refractivity (Wildman–Crippen MR) is 56.9 cm³/mol. The van der Waals surface area contributed by atoms with Gasteiger partial charge in [0.2, 0.25) is 0 Å². The molecule has 0 aliphatic rings. The molecule has 2 nitrogen and oxygen atoms in total. The lowest BCUT2D eigenvalue weighted by molar-refractivity contribution is 0.553. The van der Waals surface area contributed by atoms with Gasteiger partial charge in [0.15, 0.2) is 0 Å². The molecule has 0 aliphatic heterocycles. The first-order chi connectivity index (χ1) is 6.67. The van der Waals surface area contributed by atoms with Crippen LogP contribution in [0.3, 0.4) is 0 Å². The van der Waals surface area contributed by atoms with Crippen LogP contribution in [0.5, 0.6) is 0 Å². The summed E-state index contributed by atoms with van der Waals surface area (Å²) < 4.78 is 13.0. The first-order valence-electron chi connectivity index (χ1n) is 4.56. The number of likely N-dealkylation sites (N-methyl/N-ethyl adjacent to an activating group) is 1. The third-order valence-electron chi connectivity index (χ3n) is 1.97. The highest BCUT2D eigenvalue weighted by Gasteiger charge is 2.09. The Labute approximate surface area is 88.2 Å². The number of rotatable bonds is 4. The van der Waals surface area contributed by atoms with Crippen LogP contribution >= 0.6 is 11.6 Å². The van der Waals surface area contributed by atoms with Crippen molar-refractivity contribution in [2.75, 3.05) is 13.1 Å². The maximum absolute atomic E-state index is 13.0. The van der Waals surface area contributed by atoms with Crippen molar-refractivity contribution in [2.24, 2.45) is 5.73 Å². The SMILES string of the molecule is CCNC(CN)c1cc(F)cc(Cl)c1. The first-order valence-corrected chi connectivity index (χ1v) is 4.94. The molecule has 3 N–H and O–H groups in total. The molecular weight excluding hydrogens is 203 g/mol. The van der Waals surface area contributed by atoms with Crippen molar-refractivity contribution in [2.45, 2.75) is 13.0 Å². The summed E-state index contributed by atoms with van der Waals surface area (Å²) in [5.41, 5.74) is 6.35. The quantitative estimate of drug-likeness (QED) is 0.809. The van der Waals surface area contributed by atoms with Crippen LogP contribution in [0.15, 0.2) is 18.2 Å². The smallest absolute Gasteiger partial charge is 0.125 e. The van der Waals surface area contributed by atoms with Crippen LogP contribution in [0.25, 0.3) is 0 Å². The van der Waals surface area contributed by atoms with Gasteiger partial charge in [0.1, 0.15) is 5.82 Å². The largest absolute Gasteiger partial charge is 0.329 e. The van der Waals surface area contributed by atoms with E-state index in [1.165, 1.54) is 12.1 Å². The van der Waals surface area contributed by atoms with E-state index < -0.39 is 0 Å². The maximum Gasteiger partial charge on any atom is 0.125 e. The van der Waals surface area contributed by atoms with Crippen molar-refractivity contribution in [3.05, 3.63) is 34.6 Å². The highest BCUT2D eigenvalue weighted by atomic mass is 35.5. The van der Waals surface area contributed by atoms with Gasteiger partial charge in [0, 0.05) is 17.6 Å². The van der Waals surface area contributed by atoms with E-state index in [1.807, 2.05) is 6.92 Å². The van der Waals surface area contributed by atoms with E-state index >= 15 is 0 Å². The highest BCUT2D eigenvalue weighted by Crippen LogP contribution is 2.19. The zero-order chi connectivity index (χ0) is 10.6. The molecule has 0 radical (unpaired) electrons. The lowest BCUT2D eigenvalue weighted by Crippen LogP contribution is -2.27. The summed E-state index contributed by atoms with van der Waals surface area (Å²) in [6.45, 7) is 3.19. The molecule has 1 rings (SSSR count). The molecule has 0 aliphatic carbocycles. The summed E-state index contributed by atoms with van der Waals surface area (Å²) >= 11 is 5.74. The van der Waals surface area contributed by atoms with Crippen LogP contribution in [0.1, 0.15) is 18.5 Å². The van der Waals surface area contributed by atoms with Crippen LogP contribution in [-0.4, -0.2) is 13.1 Å². The molecule has 0 heterocycles. The first kappa shape index (κ1) is 11.4. The monoisotopic (exact) mass is 216 g/mol. The summed E-state index contributed by atoms with van der Waals surface area (Å²) in [5.74, 6) is -0.330. The zero-order valence-corrected chi connectivity index (χ0v) is 8.81. The second-order valence-corrected chi connectivity index (χ2v) is 3.49. The molecule has 0 spiro atoms. The summed E-state index contributed by atoms with van der Waals surface area (Å²) in [6.07, 6.45) is 0. The van der Waals surface area contributed by atoms with Gasteiger partial charge in [-0.15, -0.1) is 0 Å². The van der Waals surface area contributed by atoms with E-state index in [4.69, 9.17) is 17.3 Å². The van der Waals surface area contributed by atoms with Crippen LogP contribution < -0.4 is 11.1 Å². The van der Waals surface area contributed by atoms with Gasteiger partial charge in [-0.1, -0.05) is 18.5 Å². The third kappa shape index (κ3) is 2.94. The minimum atomic E-state index is -0.330. The van der Waals surface area contributed by atoms with Gasteiger partial charge in [-0.05, 0) is 30.3 Å². The van der Waals surface area contributed by atoms with Crippen molar-refractivity contribution < 1.29 is 4.39 Å². The van der Waals surface area contributed by atoms with Crippen molar-refractivity contribution in [3.8, 4) is 0 Å². The molecule has 0 bridgehead atoms. The summed E-state index contributed by atoms with van der Waals surface area (Å²) in [4.78, 5) is 0. The van der Waals surface area contributed by atoms with Crippen molar-refractivity contribution in [1.82, 2.24) is 5.32 Å². The van der Waals surface area contributed by atoms with E-state index in [-0.39, 0.29) is 11.9 Å². The topological polar surface area (TPSA) is 38.0 Å². The second kappa shape index (κ2) is 5.29. The second-order valence-electron chi connectivity index (χ2n) is 3.05. The van der Waals surface area contributed by atoms with E-state index in [2.05, 4.69) is 5.32 Å². The Bertz CT molecular complexity index is 284. The van der Waals surface area contributed by atoms with Gasteiger partial charge >= 0.3 is 0 Å². The summed E-state index contributed by atoms with van der Waals surface area (Å²) in [7, 11) is 0. The van der Waals surface area contributed by atoms with E-state index in [0.717, 1.165) is 12.1 Å². The molecule has 1 aromatic carbocycles. The van der Waals surface area contributed by atoms with Gasteiger partial charge in [-0.2, -0.15) is 0 Å². The van der Waals surface area contributed by atoms with E-state index in [1.54, 1.807) is 6.07 Å². The fourth-order valence-electron chi connectivity index (χ4n) is 1.36. The highest BCUT2D eigenvalue weighted by molar-refractivity contribution is 6.30. The molecule has 4 heteroatoms. The number of nitrogens with one attached hydrogen (secondary N) is 1. The minimum absolute atomic E-state index is 0.0341. The number of benzene rings is 1. The molecule has 0 fully saturated rings. The summed E-state index contributed by atoms with van der Waals surface area (Å²) in [5, 5.41) is 3.55. The summed E-state index contributed by atoms with van der Waals surface area (Å²) in [6, 6.07) is 4.43. The normalized spacial score (nSPS) is 12.9. The third-order valence-corrected chi connectivity index (χ3v) is 2.19. The molecule has 0 saturated heterocycles. The molecule has 0 aromatic heterocycles. The van der Waals surface area contributed by atoms with Gasteiger partial charge in [0.25, 0.3) is 0 Å². The molecule has 1 unspecified atom stereocenters. The average Bonchev–Trinajstić information content (AvgIpc) is 2.12. The van der Waals surface area contributed by atoms with Crippen molar-refractivity contribution in [1.29, 1.82) is 0 Å². The lowest BCUT2D eigenvalue weighted by atomic mass is 10.1. The molecular formula is C10H14ClFN2. The van der Waals surface area contributed by atoms with Gasteiger partial charge in [0.05, 0.1) is 0 Å². The molecule has 78 valence electrons. The van der Waals surface area contributed by atoms with Gasteiger partial charge in [-0.3, -0.25) is 0 Å². The Hall–Kier alpha value is -0.640. The predicted octanol–water partition coefficient (Wildman–Crippen LogP) is 2.09. The van der Waals surface area contributed by atoms with Crippen LogP contribution in [0.2, 0.25) is 5.02 Å². The average molecular weight is 217 g/mol. The molecule has 14 heavy (non-hydrogen) atoms. The van der Waals surface area contributed by atoms with Crippen molar-refractivity contribution >= 4 is 11.6 Å². The number of hydrogen-bond acceptors (Lipinski definition) is 2. The Morgan fingerprint density at radius 3 is 2.71 bits per heavy atom. The van der Waals surface area contributed by atoms with Crippen LogP contribution in [0, 0.1) is 5.82 Å². The number of nitrogens with two attached hydrogens (primary N) is 1. The maximum atomic E-state index is 13.0. The van der Waals surface area contributed by atoms with E-state index in [9.17, 15) is 4.39 Å². The fraction of sp³-hybridized carbons (Fsp3) is 0.400. The fourth-order valence-corrected chi connectivity index (χ4v) is 1.59. The zero-order valence-electron chi connectivity index (χ0n) is 8.06. The lowest BCUT2D eigenvalue weighted by Gasteiger charge is -2.16. The van der Waals surface area contributed by atoms with Gasteiger partial charge in [-0.25, -0.2) is 4.39 Å². The molecule has 0 amide bonds. The molecule has 1 atom stereocenters. The molecule has 0 saturated carbocycles. The minimum Gasteiger partial charge on any atom is -0.329 e.